The van der Waals surface area contributed by atoms with E-state index in [4.69, 9.17) is 16.0 Å². The number of phenolic OH excluding ortho intramolecular Hbond substituents is 1. The Labute approximate surface area is 227 Å². The third kappa shape index (κ3) is 8.01. The summed E-state index contributed by atoms with van der Waals surface area (Å²) in [5.41, 5.74) is 1.73. The quantitative estimate of drug-likeness (QED) is 0.273. The highest BCUT2D eigenvalue weighted by Gasteiger charge is 2.23. The zero-order valence-electron chi connectivity index (χ0n) is 21.9. The summed E-state index contributed by atoms with van der Waals surface area (Å²) in [6, 6.07) is 9.31. The standard InChI is InChI=1S/C16H18ClNO3.C12H18N2O3/c17-12-4-5-15-14(7-12)16(20)11(10-21-15)8-18-6-2-1-3-13(18)9-19;1-3-4-7-13(2)9-10-8-11(14(16)17)5-6-12(10)15/h4-5,7,10,13,19H,1-3,6,8-9H2;5-6,8,15H,3-4,7,9H2,1-2H3. The van der Waals surface area contributed by atoms with Crippen LogP contribution in [0.3, 0.4) is 0 Å². The van der Waals surface area contributed by atoms with Crippen molar-refractivity contribution in [2.24, 2.45) is 0 Å². The van der Waals surface area contributed by atoms with E-state index in [0.29, 0.717) is 40.2 Å². The van der Waals surface area contributed by atoms with Crippen LogP contribution in [0, 0.1) is 10.1 Å². The van der Waals surface area contributed by atoms with Gasteiger partial charge in [0.15, 0.2) is 5.43 Å². The largest absolute Gasteiger partial charge is 0.508 e. The van der Waals surface area contributed by atoms with Gasteiger partial charge in [0.25, 0.3) is 5.69 Å². The van der Waals surface area contributed by atoms with Crippen molar-refractivity contribution in [3.05, 3.63) is 79.1 Å². The van der Waals surface area contributed by atoms with Gasteiger partial charge in [0.1, 0.15) is 11.3 Å². The molecule has 2 heterocycles. The van der Waals surface area contributed by atoms with Crippen molar-refractivity contribution in [2.75, 3.05) is 26.7 Å². The van der Waals surface area contributed by atoms with Crippen LogP contribution in [-0.4, -0.2) is 57.7 Å². The minimum Gasteiger partial charge on any atom is -0.508 e. The van der Waals surface area contributed by atoms with Crippen molar-refractivity contribution in [3.8, 4) is 5.75 Å². The topological polar surface area (TPSA) is 120 Å². The number of aromatic hydroxyl groups is 1. The molecule has 10 heteroatoms. The van der Waals surface area contributed by atoms with E-state index >= 15 is 0 Å². The fourth-order valence-electron chi connectivity index (χ4n) is 4.56. The molecule has 0 aliphatic carbocycles. The summed E-state index contributed by atoms with van der Waals surface area (Å²) in [6.07, 6.45) is 6.91. The lowest BCUT2D eigenvalue weighted by Gasteiger charge is -2.34. The summed E-state index contributed by atoms with van der Waals surface area (Å²) < 4.78 is 5.54. The third-order valence-corrected chi connectivity index (χ3v) is 6.98. The van der Waals surface area contributed by atoms with Gasteiger partial charge >= 0.3 is 0 Å². The van der Waals surface area contributed by atoms with Crippen molar-refractivity contribution in [1.82, 2.24) is 9.80 Å². The molecule has 38 heavy (non-hydrogen) atoms. The van der Waals surface area contributed by atoms with E-state index in [0.717, 1.165) is 45.2 Å². The molecule has 1 saturated heterocycles. The summed E-state index contributed by atoms with van der Waals surface area (Å²) in [7, 11) is 1.94. The summed E-state index contributed by atoms with van der Waals surface area (Å²) in [4.78, 5) is 26.9. The molecule has 9 nitrogen and oxygen atoms in total. The average molecular weight is 546 g/mol. The van der Waals surface area contributed by atoms with Crippen molar-refractivity contribution < 1.29 is 19.6 Å². The number of nitro benzene ring substituents is 1. The second-order valence-corrected chi connectivity index (χ2v) is 10.1. The Morgan fingerprint density at radius 2 is 2.00 bits per heavy atom. The molecule has 0 radical (unpaired) electrons. The number of unbranched alkanes of at least 4 members (excludes halogenated alkanes) is 1. The van der Waals surface area contributed by atoms with Crippen molar-refractivity contribution in [3.63, 3.8) is 0 Å². The number of nitro groups is 1. The summed E-state index contributed by atoms with van der Waals surface area (Å²) in [6.45, 7) is 5.09. The Balaban J connectivity index is 0.000000216. The number of aliphatic hydroxyl groups excluding tert-OH is 1. The third-order valence-electron chi connectivity index (χ3n) is 6.75. The van der Waals surface area contributed by atoms with Gasteiger partial charge in [-0.1, -0.05) is 31.4 Å². The second kappa shape index (κ2) is 14.2. The van der Waals surface area contributed by atoms with Gasteiger partial charge in [-0.3, -0.25) is 19.8 Å². The molecule has 1 aromatic heterocycles. The second-order valence-electron chi connectivity index (χ2n) is 9.69. The molecule has 1 atom stereocenters. The molecule has 3 aromatic rings. The molecular weight excluding hydrogens is 510 g/mol. The molecule has 1 fully saturated rings. The molecule has 1 aliphatic heterocycles. The van der Waals surface area contributed by atoms with Crippen LogP contribution in [-0.2, 0) is 13.1 Å². The number of phenols is 1. The zero-order chi connectivity index (χ0) is 27.7. The number of likely N-dealkylation sites (tertiary alicyclic amines) is 1. The van der Waals surface area contributed by atoms with E-state index in [-0.39, 0.29) is 29.5 Å². The number of hydrogen-bond acceptors (Lipinski definition) is 8. The lowest BCUT2D eigenvalue weighted by Crippen LogP contribution is -2.42. The highest BCUT2D eigenvalue weighted by Crippen LogP contribution is 2.24. The monoisotopic (exact) mass is 545 g/mol. The van der Waals surface area contributed by atoms with Crippen LogP contribution in [0.1, 0.15) is 50.2 Å². The van der Waals surface area contributed by atoms with Crippen LogP contribution in [0.15, 0.2) is 51.9 Å². The van der Waals surface area contributed by atoms with Crippen LogP contribution in [0.2, 0.25) is 5.02 Å². The van der Waals surface area contributed by atoms with E-state index in [2.05, 4.69) is 11.8 Å². The van der Waals surface area contributed by atoms with Gasteiger partial charge in [0, 0.05) is 47.4 Å². The van der Waals surface area contributed by atoms with E-state index in [1.807, 2.05) is 11.9 Å². The van der Waals surface area contributed by atoms with E-state index in [1.165, 1.54) is 24.5 Å². The Bertz CT molecular complexity index is 1280. The lowest BCUT2D eigenvalue weighted by molar-refractivity contribution is -0.385. The zero-order valence-corrected chi connectivity index (χ0v) is 22.7. The molecule has 0 spiro atoms. The van der Waals surface area contributed by atoms with Crippen LogP contribution in [0.4, 0.5) is 5.69 Å². The first-order valence-electron chi connectivity index (χ1n) is 12.9. The molecule has 1 aliphatic rings. The maximum Gasteiger partial charge on any atom is 0.270 e. The fourth-order valence-corrected chi connectivity index (χ4v) is 4.73. The van der Waals surface area contributed by atoms with E-state index < -0.39 is 4.92 Å². The van der Waals surface area contributed by atoms with Crippen molar-refractivity contribution in [2.45, 2.75) is 58.2 Å². The van der Waals surface area contributed by atoms with Gasteiger partial charge in [0.05, 0.1) is 23.2 Å². The number of nitrogens with zero attached hydrogens (tertiary/aromatic N) is 3. The van der Waals surface area contributed by atoms with Gasteiger partial charge in [0.2, 0.25) is 0 Å². The maximum absolute atomic E-state index is 12.5. The lowest BCUT2D eigenvalue weighted by atomic mass is 10.0. The van der Waals surface area contributed by atoms with Gasteiger partial charge in [-0.15, -0.1) is 0 Å². The number of benzene rings is 2. The molecule has 206 valence electrons. The van der Waals surface area contributed by atoms with Gasteiger partial charge in [-0.25, -0.2) is 0 Å². The smallest absolute Gasteiger partial charge is 0.270 e. The Morgan fingerprint density at radius 1 is 1.21 bits per heavy atom. The van der Waals surface area contributed by atoms with Gasteiger partial charge < -0.3 is 19.5 Å². The van der Waals surface area contributed by atoms with Crippen LogP contribution in [0.25, 0.3) is 11.0 Å². The van der Waals surface area contributed by atoms with Crippen molar-refractivity contribution in [1.29, 1.82) is 0 Å². The highest BCUT2D eigenvalue weighted by molar-refractivity contribution is 6.31. The first-order valence-corrected chi connectivity index (χ1v) is 13.3. The molecule has 0 bridgehead atoms. The number of fused-ring (bicyclic) bond motifs is 1. The molecule has 0 amide bonds. The number of hydrogen-bond donors (Lipinski definition) is 2. The number of aliphatic hydroxyl groups is 1. The summed E-state index contributed by atoms with van der Waals surface area (Å²) in [5.74, 6) is 0.110. The van der Waals surface area contributed by atoms with Gasteiger partial charge in [-0.2, -0.15) is 0 Å². The number of halogens is 1. The molecular formula is C28H36ClN3O6. The number of rotatable bonds is 9. The Morgan fingerprint density at radius 3 is 2.71 bits per heavy atom. The highest BCUT2D eigenvalue weighted by atomic mass is 35.5. The molecule has 4 rings (SSSR count). The Kier molecular flexibility index (Phi) is 11.1. The van der Waals surface area contributed by atoms with E-state index in [9.17, 15) is 25.1 Å². The number of non-ortho nitro benzene ring substituents is 1. The molecule has 2 aromatic carbocycles. The molecule has 2 N–H and O–H groups in total. The molecule has 1 unspecified atom stereocenters. The summed E-state index contributed by atoms with van der Waals surface area (Å²) in [5, 5.41) is 30.8. The number of piperidine rings is 1. The van der Waals surface area contributed by atoms with Crippen LogP contribution < -0.4 is 5.43 Å². The maximum atomic E-state index is 12.5. The SMILES string of the molecule is CCCCN(C)Cc1cc([N+](=O)[O-])ccc1O.O=c1c(CN2CCCCC2CO)coc2ccc(Cl)cc12. The van der Waals surface area contributed by atoms with Crippen LogP contribution >= 0.6 is 11.6 Å². The van der Waals surface area contributed by atoms with Crippen LogP contribution in [0.5, 0.6) is 5.75 Å². The predicted molar refractivity (Wildman–Crippen MR) is 149 cm³/mol. The van der Waals surface area contributed by atoms with Crippen molar-refractivity contribution >= 4 is 28.3 Å². The first kappa shape index (κ1) is 29.6. The first-order chi connectivity index (χ1) is 18.2. The Hall–Kier alpha value is -2.98. The normalized spacial score (nSPS) is 15.9. The summed E-state index contributed by atoms with van der Waals surface area (Å²) >= 11 is 5.96. The van der Waals surface area contributed by atoms with E-state index in [1.54, 1.807) is 18.2 Å². The average Bonchev–Trinajstić information content (AvgIpc) is 2.91. The van der Waals surface area contributed by atoms with Gasteiger partial charge in [-0.05, 0) is 63.7 Å². The minimum absolute atomic E-state index is 0.0155. The fraction of sp³-hybridized carbons (Fsp3) is 0.464. The predicted octanol–water partition coefficient (Wildman–Crippen LogP) is 5.33. The molecule has 0 saturated carbocycles. The minimum atomic E-state index is -0.449.